The summed E-state index contributed by atoms with van der Waals surface area (Å²) in [7, 11) is 0. The molecular weight excluding hydrogens is 460 g/mol. The van der Waals surface area contributed by atoms with Crippen LogP contribution in [0.1, 0.15) is 40.0 Å². The summed E-state index contributed by atoms with van der Waals surface area (Å²) < 4.78 is 5.41. The van der Waals surface area contributed by atoms with Crippen molar-refractivity contribution in [1.82, 2.24) is 15.1 Å². The van der Waals surface area contributed by atoms with E-state index in [4.69, 9.17) is 11.3 Å². The first-order valence-corrected chi connectivity index (χ1v) is 12.4. The van der Waals surface area contributed by atoms with Crippen LogP contribution in [0.5, 0.6) is 0 Å². The van der Waals surface area contributed by atoms with Gasteiger partial charge in [0.05, 0.1) is 24.7 Å². The molecule has 1 aliphatic carbocycles. The number of fused-ring (bicyclic) bond motifs is 3. The Kier molecular flexibility index (Phi) is 5.88. The first-order chi connectivity index (χ1) is 17.1. The Hall–Kier alpha value is -3.63. The van der Waals surface area contributed by atoms with Crippen molar-refractivity contribution in [1.29, 1.82) is 5.26 Å². The zero-order chi connectivity index (χ0) is 25.8. The lowest BCUT2D eigenvalue weighted by Crippen LogP contribution is -2.59. The molecule has 188 valence electrons. The second kappa shape index (κ2) is 8.79. The van der Waals surface area contributed by atoms with Crippen molar-refractivity contribution >= 4 is 29.3 Å². The molecular formula is C26H30N6O4. The number of anilines is 1. The number of hydrogen-bond acceptors (Lipinski definition) is 6. The molecule has 5 rings (SSSR count). The van der Waals surface area contributed by atoms with Crippen LogP contribution in [0.4, 0.5) is 16.2 Å². The second-order valence-corrected chi connectivity index (χ2v) is 11.1. The molecule has 0 spiro atoms. The van der Waals surface area contributed by atoms with Gasteiger partial charge in [-0.2, -0.15) is 5.26 Å². The van der Waals surface area contributed by atoms with Gasteiger partial charge >= 0.3 is 6.09 Å². The van der Waals surface area contributed by atoms with E-state index in [2.05, 4.69) is 16.2 Å². The van der Waals surface area contributed by atoms with Gasteiger partial charge in [-0.25, -0.2) is 9.64 Å². The summed E-state index contributed by atoms with van der Waals surface area (Å²) in [5, 5.41) is 12.3. The largest absolute Gasteiger partial charge is 0.444 e. The smallest absolute Gasteiger partial charge is 0.408 e. The molecule has 3 heterocycles. The first-order valence-electron chi connectivity index (χ1n) is 12.4. The van der Waals surface area contributed by atoms with Crippen LogP contribution in [0.15, 0.2) is 24.3 Å². The topological polar surface area (TPSA) is 110 Å². The maximum absolute atomic E-state index is 13.6. The number of piperazine rings is 1. The summed E-state index contributed by atoms with van der Waals surface area (Å²) in [5.41, 5.74) is 0.545. The van der Waals surface area contributed by atoms with E-state index in [9.17, 15) is 19.6 Å². The lowest BCUT2D eigenvalue weighted by molar-refractivity contribution is -0.136. The number of nitrogens with zero attached hydrogens (tertiary/aromatic N) is 5. The molecule has 1 N–H and O–H groups in total. The zero-order valence-electron chi connectivity index (χ0n) is 20.7. The van der Waals surface area contributed by atoms with E-state index in [0.29, 0.717) is 31.0 Å². The second-order valence-electron chi connectivity index (χ2n) is 11.1. The fourth-order valence-electron chi connectivity index (χ4n) is 5.83. The van der Waals surface area contributed by atoms with Crippen LogP contribution in [0.3, 0.4) is 0 Å². The van der Waals surface area contributed by atoms with Crippen molar-refractivity contribution in [3.63, 3.8) is 0 Å². The van der Waals surface area contributed by atoms with Gasteiger partial charge in [0, 0.05) is 24.8 Å². The van der Waals surface area contributed by atoms with E-state index in [1.807, 2.05) is 4.90 Å². The van der Waals surface area contributed by atoms with Crippen LogP contribution < -0.4 is 10.2 Å². The number of piperidine rings is 1. The molecule has 4 fully saturated rings. The average molecular weight is 491 g/mol. The van der Waals surface area contributed by atoms with Crippen LogP contribution in [-0.4, -0.2) is 76.6 Å². The highest BCUT2D eigenvalue weighted by molar-refractivity contribution is 6.01. The number of carbonyl (C=O) groups excluding carboxylic acids is 3. The molecule has 1 saturated carbocycles. The maximum atomic E-state index is 13.6. The van der Waals surface area contributed by atoms with Gasteiger partial charge < -0.3 is 19.9 Å². The number of nitriles is 1. The molecule has 6 atom stereocenters. The van der Waals surface area contributed by atoms with E-state index in [0.717, 1.165) is 12.1 Å². The number of benzene rings is 1. The fourth-order valence-corrected chi connectivity index (χ4v) is 5.83. The normalized spacial score (nSPS) is 29.4. The molecule has 0 aromatic heterocycles. The Morgan fingerprint density at radius 1 is 1.25 bits per heavy atom. The van der Waals surface area contributed by atoms with Crippen LogP contribution in [0.25, 0.3) is 4.85 Å². The van der Waals surface area contributed by atoms with Gasteiger partial charge in [-0.1, -0.05) is 12.1 Å². The summed E-state index contributed by atoms with van der Waals surface area (Å²) in [4.78, 5) is 48.3. The third-order valence-electron chi connectivity index (χ3n) is 7.44. The number of hydrogen-bond donors (Lipinski definition) is 1. The van der Waals surface area contributed by atoms with E-state index in [1.165, 1.54) is 0 Å². The van der Waals surface area contributed by atoms with Crippen molar-refractivity contribution in [2.75, 3.05) is 18.0 Å². The highest BCUT2D eigenvalue weighted by Gasteiger charge is 2.56. The minimum absolute atomic E-state index is 0.0509. The monoisotopic (exact) mass is 490 g/mol. The van der Waals surface area contributed by atoms with Crippen LogP contribution >= 0.6 is 0 Å². The van der Waals surface area contributed by atoms with E-state index >= 15 is 0 Å². The molecule has 36 heavy (non-hydrogen) atoms. The average Bonchev–Trinajstić information content (AvgIpc) is 3.15. The summed E-state index contributed by atoms with van der Waals surface area (Å²) in [6.07, 6.45) is 1.49. The Morgan fingerprint density at radius 2 is 1.97 bits per heavy atom. The van der Waals surface area contributed by atoms with E-state index in [1.54, 1.807) is 54.8 Å². The third-order valence-corrected chi connectivity index (χ3v) is 7.44. The standard InChI is InChI=1S/C26H30N6O4/c1-26(2,3)36-25(35)29-20(23(33)32-18(12-27)9-15-10-21(15)32)14-30-13-19-11-22(30)24(34)31(19)17-7-5-16(28-4)6-8-17/h5-8,15,18-22H,9-11,13-14H2,1-3H3,(H,29,35)/t15-,18+,19-,20+,21+,22-/m1/s1. The van der Waals surface area contributed by atoms with E-state index in [-0.39, 0.29) is 30.4 Å². The molecule has 10 nitrogen and oxygen atoms in total. The predicted octanol–water partition coefficient (Wildman–Crippen LogP) is 2.43. The van der Waals surface area contributed by atoms with Gasteiger partial charge in [0.15, 0.2) is 5.69 Å². The van der Waals surface area contributed by atoms with Crippen LogP contribution in [-0.2, 0) is 14.3 Å². The Balaban J connectivity index is 1.32. The number of alkyl carbamates (subject to hydrolysis) is 1. The number of likely N-dealkylation sites (tertiary alicyclic amines) is 2. The number of carbonyl (C=O) groups is 3. The van der Waals surface area contributed by atoms with Crippen molar-refractivity contribution in [3.05, 3.63) is 35.7 Å². The Morgan fingerprint density at radius 3 is 2.58 bits per heavy atom. The van der Waals surface area contributed by atoms with Crippen LogP contribution in [0, 0.1) is 23.8 Å². The molecule has 0 radical (unpaired) electrons. The summed E-state index contributed by atoms with van der Waals surface area (Å²) >= 11 is 0. The first kappa shape index (κ1) is 24.1. The maximum Gasteiger partial charge on any atom is 0.408 e. The van der Waals surface area contributed by atoms with Crippen molar-refractivity contribution in [2.24, 2.45) is 5.92 Å². The molecule has 3 saturated heterocycles. The molecule has 0 unspecified atom stereocenters. The molecule has 3 aliphatic heterocycles. The number of nitrogens with one attached hydrogen (secondary N) is 1. The van der Waals surface area contributed by atoms with Gasteiger partial charge in [0.1, 0.15) is 17.7 Å². The highest BCUT2D eigenvalue weighted by atomic mass is 16.6. The highest BCUT2D eigenvalue weighted by Crippen LogP contribution is 2.48. The summed E-state index contributed by atoms with van der Waals surface area (Å²) in [5.74, 6) is 0.00998. The molecule has 4 aliphatic rings. The molecule has 1 aromatic rings. The van der Waals surface area contributed by atoms with Crippen molar-refractivity contribution < 1.29 is 19.1 Å². The lowest BCUT2D eigenvalue weighted by atomic mass is 10.1. The van der Waals surface area contributed by atoms with Gasteiger partial charge in [-0.15, -0.1) is 0 Å². The summed E-state index contributed by atoms with van der Waals surface area (Å²) in [6, 6.07) is 7.39. The number of ether oxygens (including phenoxy) is 1. The minimum Gasteiger partial charge on any atom is -0.444 e. The predicted molar refractivity (Wildman–Crippen MR) is 130 cm³/mol. The van der Waals surface area contributed by atoms with E-state index < -0.39 is 29.8 Å². The zero-order valence-corrected chi connectivity index (χ0v) is 20.7. The third kappa shape index (κ3) is 4.38. The molecule has 10 heteroatoms. The quantitative estimate of drug-likeness (QED) is 0.635. The molecule has 1 aromatic carbocycles. The van der Waals surface area contributed by atoms with Gasteiger partial charge in [-0.3, -0.25) is 14.5 Å². The number of amides is 3. The summed E-state index contributed by atoms with van der Waals surface area (Å²) in [6.45, 7) is 13.1. The van der Waals surface area contributed by atoms with Crippen LogP contribution in [0.2, 0.25) is 0 Å². The number of rotatable bonds is 5. The van der Waals surface area contributed by atoms with Gasteiger partial charge in [0.25, 0.3) is 0 Å². The fraction of sp³-hybridized carbons (Fsp3) is 0.577. The lowest BCUT2D eigenvalue weighted by Gasteiger charge is -2.36. The van der Waals surface area contributed by atoms with Crippen molar-refractivity contribution in [3.8, 4) is 6.07 Å². The SMILES string of the molecule is [C-]#[N+]c1ccc(N2C(=O)[C@H]3C[C@@H]2CN3C[C@H](NC(=O)OC(C)(C)C)C(=O)N2[C@H](C#N)C[C@@H]3C[C@@H]32)cc1. The molecule has 3 amide bonds. The molecule has 2 bridgehead atoms. The minimum atomic E-state index is -0.923. The Labute approximate surface area is 210 Å². The Bertz CT molecular complexity index is 1160. The van der Waals surface area contributed by atoms with Gasteiger partial charge in [-0.05, 0) is 58.1 Å². The van der Waals surface area contributed by atoms with Crippen molar-refractivity contribution in [2.45, 2.75) is 75.8 Å². The van der Waals surface area contributed by atoms with Gasteiger partial charge in [0.2, 0.25) is 11.8 Å².